The monoisotopic (exact) mass is 1040 g/mol. The molecule has 0 spiro atoms. The fraction of sp³-hybridized carbons (Fsp3) is 0.419. The van der Waals surface area contributed by atoms with Gasteiger partial charge >= 0.3 is 24.4 Å². The number of anilines is 5. The summed E-state index contributed by atoms with van der Waals surface area (Å²) in [7, 11) is 0. The number of alkyl halides is 6. The molecule has 380 valence electrons. The Balaban J connectivity index is 0. The van der Waals surface area contributed by atoms with Gasteiger partial charge in [0, 0.05) is 37.8 Å². The summed E-state index contributed by atoms with van der Waals surface area (Å²) >= 11 is 6.03. The molecule has 0 unspecified atom stereocenters. The number of carboxylic acids is 1. The molecule has 1 aliphatic carbocycles. The second-order valence-electron chi connectivity index (χ2n) is 14.6. The second-order valence-corrected chi connectivity index (χ2v) is 19.8. The first-order valence-corrected chi connectivity index (χ1v) is 22.5. The molecule has 2 amide bonds. The molecule has 25 heteroatoms. The Hall–Kier alpha value is -5.63. The first-order chi connectivity index (χ1) is 30.5. The average Bonchev–Trinajstić information content (AvgIpc) is 4.02. The third-order valence-electron chi connectivity index (χ3n) is 7.51. The summed E-state index contributed by atoms with van der Waals surface area (Å²) in [6, 6.07) is 15.3. The number of nitrogens with two attached hydrogens (primary N) is 3. The number of hydrogen-bond acceptors (Lipinski definition) is 16. The summed E-state index contributed by atoms with van der Waals surface area (Å²) in [5.74, 6) is -0.538. The lowest BCUT2D eigenvalue weighted by Gasteiger charge is -2.29. The van der Waals surface area contributed by atoms with Crippen molar-refractivity contribution in [1.29, 1.82) is 0 Å². The van der Waals surface area contributed by atoms with E-state index in [-0.39, 0.29) is 32.5 Å². The Kier molecular flexibility index (Phi) is 29.1. The molecule has 0 aliphatic heterocycles. The van der Waals surface area contributed by atoms with Crippen molar-refractivity contribution in [3.63, 3.8) is 0 Å². The lowest BCUT2D eigenvalue weighted by Crippen LogP contribution is -2.43. The topological polar surface area (TPSA) is 255 Å². The lowest BCUT2D eigenvalue weighted by molar-refractivity contribution is -0.156. The molecule has 5 heterocycles. The Morgan fingerprint density at radius 2 is 1.24 bits per heavy atom. The number of halogens is 6. The summed E-state index contributed by atoms with van der Waals surface area (Å²) in [6.07, 6.45) is -6.06. The molecular formula is C43H60F6N8O7S4. The normalized spacial score (nSPS) is 13.7. The Labute approximate surface area is 407 Å². The van der Waals surface area contributed by atoms with Crippen molar-refractivity contribution < 1.29 is 60.2 Å². The van der Waals surface area contributed by atoms with Gasteiger partial charge in [0.15, 0.2) is 0 Å². The van der Waals surface area contributed by atoms with Gasteiger partial charge in [0.05, 0.1) is 15.0 Å². The van der Waals surface area contributed by atoms with Gasteiger partial charge in [-0.1, -0.05) is 27.7 Å². The molecule has 0 aromatic carbocycles. The number of primary amides is 1. The number of nitrogen functional groups attached to an aromatic ring is 1. The Morgan fingerprint density at radius 3 is 1.59 bits per heavy atom. The first kappa shape index (κ1) is 64.5. The molecule has 6 rings (SSSR count). The number of nitrogens with zero attached hydrogens (tertiary/aromatic N) is 2. The van der Waals surface area contributed by atoms with Crippen LogP contribution >= 0.6 is 45.3 Å². The second kappa shape index (κ2) is 30.7. The van der Waals surface area contributed by atoms with Crippen LogP contribution in [0.1, 0.15) is 101 Å². The third-order valence-corrected chi connectivity index (χ3v) is 11.2. The van der Waals surface area contributed by atoms with Crippen LogP contribution in [0.4, 0.5) is 57.9 Å². The molecule has 15 nitrogen and oxygen atoms in total. The predicted octanol–water partition coefficient (Wildman–Crippen LogP) is 11.9. The molecule has 5 aromatic rings. The van der Waals surface area contributed by atoms with Gasteiger partial charge in [-0.15, -0.1) is 45.3 Å². The quantitative estimate of drug-likeness (QED) is 0.0592. The van der Waals surface area contributed by atoms with Crippen molar-refractivity contribution >= 4 is 103 Å². The van der Waals surface area contributed by atoms with Crippen LogP contribution in [0.2, 0.25) is 0 Å². The number of ether oxygens (including phenoxy) is 1. The highest BCUT2D eigenvalue weighted by atomic mass is 32.1. The number of carboxylic acid groups (broad SMARTS) is 1. The number of carbonyl (C=O) groups excluding carboxylic acids is 4. The van der Waals surface area contributed by atoms with E-state index in [0.29, 0.717) is 16.6 Å². The molecule has 0 saturated heterocycles. The molecule has 0 bridgehead atoms. The summed E-state index contributed by atoms with van der Waals surface area (Å²) < 4.78 is 67.6. The number of amides is 2. The molecule has 1 fully saturated rings. The molecule has 10 N–H and O–H groups in total. The molecule has 2 atom stereocenters. The van der Waals surface area contributed by atoms with Crippen LogP contribution in [0.5, 0.6) is 0 Å². The fourth-order valence-electron chi connectivity index (χ4n) is 4.76. The minimum atomic E-state index is -4.64. The van der Waals surface area contributed by atoms with Crippen LogP contribution in [-0.2, 0) is 14.3 Å². The first-order valence-electron chi connectivity index (χ1n) is 19.3. The van der Waals surface area contributed by atoms with Gasteiger partial charge in [-0.25, -0.2) is 14.6 Å². The largest absolute Gasteiger partial charge is 0.477 e. The SMILES string of the molecule is C.C.Cc1ccc(C(=O)O)s1.Cc1ccc(N)s1.Cc1ccc(NC(=O)OC(C)(C)C)s1.Cc1ccc(Nc2nc(N[C@@H]3CCCC[C@@H]3N)ncc2C(N)=O)s1.O=CC(F)(F)F.O=CC(F)(F)F. The number of aryl methyl sites for hydroxylation is 4. The summed E-state index contributed by atoms with van der Waals surface area (Å²) in [5.41, 5.74) is 16.8. The van der Waals surface area contributed by atoms with Gasteiger partial charge in [0.2, 0.25) is 18.5 Å². The van der Waals surface area contributed by atoms with E-state index in [1.54, 1.807) is 34.8 Å². The minimum Gasteiger partial charge on any atom is -0.477 e. The number of rotatable bonds is 7. The predicted molar refractivity (Wildman–Crippen MR) is 263 cm³/mol. The standard InChI is InChI=1S/C16H22N6OS.C10H15NO2S.C6H6O2S.C5H7NS.2C2HF3O.2CH4/c1-9-6-7-13(24-9)21-15-10(14(18)23)8-19-16(22-15)20-12-5-3-2-4-11(12)17;1-7-5-6-8(14-7)11-9(12)13-10(2,3)4;1-4-2-3-5(9-4)6(7)8;1-4-2-3-5(6)7-4;2*3-2(4,5)1-6;;/h6-8,11-12H,2-5,17H2,1H3,(H2,18,23)(H2,19,20,21,22);5-6H,1-4H3,(H,11,12);2-3H,1H3,(H,7,8);2-3H,6H2,1H3;2*1H;2*1H4/t11-,12+;;;;;;;/m0......./s1. The van der Waals surface area contributed by atoms with Crippen LogP contribution in [0.25, 0.3) is 0 Å². The lowest BCUT2D eigenvalue weighted by atomic mass is 9.91. The zero-order chi connectivity index (χ0) is 50.4. The highest BCUT2D eigenvalue weighted by molar-refractivity contribution is 7.16. The van der Waals surface area contributed by atoms with E-state index in [0.717, 1.165) is 50.4 Å². The molecule has 5 aromatic heterocycles. The maximum Gasteiger partial charge on any atom is 0.446 e. The number of aromatic carboxylic acids is 1. The molecule has 1 aliphatic rings. The molecule has 68 heavy (non-hydrogen) atoms. The molecule has 1 saturated carbocycles. The van der Waals surface area contributed by atoms with Crippen molar-refractivity contribution in [2.75, 3.05) is 21.7 Å². The minimum absolute atomic E-state index is 0. The number of nitrogens with one attached hydrogen (secondary N) is 3. The van der Waals surface area contributed by atoms with Gasteiger partial charge in [0.1, 0.15) is 21.9 Å². The third kappa shape index (κ3) is 29.2. The Morgan fingerprint density at radius 1 is 0.765 bits per heavy atom. The van der Waals surface area contributed by atoms with E-state index in [1.807, 2.05) is 84.9 Å². The maximum absolute atomic E-state index is 11.6. The van der Waals surface area contributed by atoms with Crippen LogP contribution in [0.3, 0.4) is 0 Å². The number of thiophene rings is 4. The summed E-state index contributed by atoms with van der Waals surface area (Å²) in [5, 5.41) is 20.2. The highest BCUT2D eigenvalue weighted by Crippen LogP contribution is 2.27. The highest BCUT2D eigenvalue weighted by Gasteiger charge is 2.26. The number of hydrogen-bond donors (Lipinski definition) is 7. The van der Waals surface area contributed by atoms with Crippen molar-refractivity contribution in [1.82, 2.24) is 9.97 Å². The van der Waals surface area contributed by atoms with Crippen LogP contribution < -0.4 is 33.2 Å². The van der Waals surface area contributed by atoms with E-state index in [4.69, 9.17) is 36.6 Å². The molecular weight excluding hydrogens is 983 g/mol. The number of aromatic nitrogens is 2. The zero-order valence-electron chi connectivity index (χ0n) is 36.8. The number of carbonyl (C=O) groups is 5. The summed E-state index contributed by atoms with van der Waals surface area (Å²) in [4.78, 5) is 64.3. The van der Waals surface area contributed by atoms with Gasteiger partial charge in [0.25, 0.3) is 5.91 Å². The van der Waals surface area contributed by atoms with E-state index < -0.39 is 48.5 Å². The zero-order valence-corrected chi connectivity index (χ0v) is 40.0. The van der Waals surface area contributed by atoms with E-state index in [2.05, 4.69) is 25.9 Å². The fourth-order valence-corrected chi connectivity index (χ4v) is 7.63. The van der Waals surface area contributed by atoms with E-state index in [1.165, 1.54) is 38.6 Å². The number of aldehydes is 2. The van der Waals surface area contributed by atoms with Crippen molar-refractivity contribution in [3.05, 3.63) is 84.7 Å². The van der Waals surface area contributed by atoms with Gasteiger partial charge < -0.3 is 37.7 Å². The average molecular weight is 1040 g/mol. The van der Waals surface area contributed by atoms with Crippen molar-refractivity contribution in [3.8, 4) is 0 Å². The van der Waals surface area contributed by atoms with Gasteiger partial charge in [-0.2, -0.15) is 31.3 Å². The van der Waals surface area contributed by atoms with Gasteiger partial charge in [-0.3, -0.25) is 19.7 Å². The maximum atomic E-state index is 11.6. The van der Waals surface area contributed by atoms with Crippen LogP contribution in [0, 0.1) is 27.7 Å². The van der Waals surface area contributed by atoms with Gasteiger partial charge in [-0.05, 0) is 110 Å². The Bertz CT molecular complexity index is 2260. The molecule has 0 radical (unpaired) electrons. The smallest absolute Gasteiger partial charge is 0.446 e. The van der Waals surface area contributed by atoms with E-state index in [9.17, 15) is 40.7 Å². The van der Waals surface area contributed by atoms with Crippen molar-refractivity contribution in [2.24, 2.45) is 11.5 Å². The van der Waals surface area contributed by atoms with Crippen molar-refractivity contribution in [2.45, 2.75) is 119 Å². The van der Waals surface area contributed by atoms with Crippen LogP contribution in [-0.4, -0.2) is 75.7 Å². The van der Waals surface area contributed by atoms with Crippen LogP contribution in [0.15, 0.2) is 54.7 Å². The summed E-state index contributed by atoms with van der Waals surface area (Å²) in [6.45, 7) is 13.5. The van der Waals surface area contributed by atoms with E-state index >= 15 is 0 Å².